The van der Waals surface area contributed by atoms with Crippen LogP contribution in [0.3, 0.4) is 0 Å². The van der Waals surface area contributed by atoms with Crippen molar-refractivity contribution in [2.75, 3.05) is 19.6 Å². The Balaban J connectivity index is 1.92. The number of hydrogen-bond acceptors (Lipinski definition) is 2. The van der Waals surface area contributed by atoms with Gasteiger partial charge < -0.3 is 10.2 Å². The smallest absolute Gasteiger partial charge is 0.225 e. The number of rotatable bonds is 21. The van der Waals surface area contributed by atoms with E-state index in [-0.39, 0.29) is 17.7 Å². The molecule has 2 amide bonds. The fraction of sp³-hybridized carbons (Fsp3) is 0.926. The summed E-state index contributed by atoms with van der Waals surface area (Å²) in [5, 5.41) is 3.03. The van der Waals surface area contributed by atoms with Gasteiger partial charge in [0.1, 0.15) is 0 Å². The average Bonchev–Trinajstić information content (AvgIpc) is 3.14. The first-order chi connectivity index (χ1) is 15.2. The Morgan fingerprint density at radius 1 is 0.742 bits per heavy atom. The highest BCUT2D eigenvalue weighted by molar-refractivity contribution is 5.89. The maximum absolute atomic E-state index is 12.3. The lowest BCUT2D eigenvalue weighted by molar-refractivity contribution is -0.129. The Labute approximate surface area is 193 Å². The minimum absolute atomic E-state index is 0.0771. The van der Waals surface area contributed by atoms with Gasteiger partial charge in [0, 0.05) is 26.1 Å². The van der Waals surface area contributed by atoms with Crippen molar-refractivity contribution in [1.29, 1.82) is 0 Å². The summed E-state index contributed by atoms with van der Waals surface area (Å²) in [6, 6.07) is 0. The Kier molecular flexibility index (Phi) is 17.7. The molecule has 0 aromatic carbocycles. The molecule has 1 rings (SSSR count). The van der Waals surface area contributed by atoms with Crippen LogP contribution in [-0.4, -0.2) is 36.3 Å². The number of nitrogens with zero attached hydrogens (tertiary/aromatic N) is 1. The Morgan fingerprint density at radius 3 is 1.71 bits per heavy atom. The molecule has 4 heteroatoms. The highest BCUT2D eigenvalue weighted by atomic mass is 16.2. The first-order valence-electron chi connectivity index (χ1n) is 13.7. The maximum Gasteiger partial charge on any atom is 0.225 e. The molecule has 182 valence electrons. The zero-order chi connectivity index (χ0) is 22.6. The summed E-state index contributed by atoms with van der Waals surface area (Å²) >= 11 is 0. The van der Waals surface area contributed by atoms with Crippen molar-refractivity contribution in [2.45, 2.75) is 136 Å². The van der Waals surface area contributed by atoms with Gasteiger partial charge in [-0.15, -0.1) is 0 Å². The number of carbonyl (C=O) groups excluding carboxylic acids is 2. The SMILES string of the molecule is CCCCCCCCCCCCCCCCN1CC(C(=O)NCCCCCC)CC1=O. The maximum atomic E-state index is 12.3. The van der Waals surface area contributed by atoms with Crippen molar-refractivity contribution >= 4 is 11.8 Å². The molecule has 0 aromatic rings. The molecule has 0 bridgehead atoms. The van der Waals surface area contributed by atoms with Crippen LogP contribution in [0.5, 0.6) is 0 Å². The van der Waals surface area contributed by atoms with Crippen molar-refractivity contribution in [1.82, 2.24) is 10.2 Å². The van der Waals surface area contributed by atoms with Crippen molar-refractivity contribution in [3.8, 4) is 0 Å². The molecular weight excluding hydrogens is 384 g/mol. The summed E-state index contributed by atoms with van der Waals surface area (Å²) in [6.45, 7) is 6.67. The second-order valence-electron chi connectivity index (χ2n) is 9.69. The van der Waals surface area contributed by atoms with Crippen LogP contribution >= 0.6 is 0 Å². The van der Waals surface area contributed by atoms with Crippen molar-refractivity contribution < 1.29 is 9.59 Å². The summed E-state index contributed by atoms with van der Waals surface area (Å²) in [5.41, 5.74) is 0. The van der Waals surface area contributed by atoms with Crippen LogP contribution < -0.4 is 5.32 Å². The molecule has 1 aliphatic heterocycles. The fourth-order valence-corrected chi connectivity index (χ4v) is 4.57. The van der Waals surface area contributed by atoms with Crippen molar-refractivity contribution in [3.63, 3.8) is 0 Å². The third kappa shape index (κ3) is 14.6. The topological polar surface area (TPSA) is 49.4 Å². The van der Waals surface area contributed by atoms with E-state index in [9.17, 15) is 9.59 Å². The summed E-state index contributed by atoms with van der Waals surface area (Å²) in [6.07, 6.45) is 23.9. The van der Waals surface area contributed by atoms with E-state index in [0.717, 1.165) is 25.9 Å². The number of unbranched alkanes of at least 4 members (excludes halogenated alkanes) is 16. The van der Waals surface area contributed by atoms with Crippen LogP contribution in [0.25, 0.3) is 0 Å². The van der Waals surface area contributed by atoms with E-state index in [2.05, 4.69) is 19.2 Å². The van der Waals surface area contributed by atoms with Gasteiger partial charge in [0.25, 0.3) is 0 Å². The zero-order valence-electron chi connectivity index (χ0n) is 20.9. The van der Waals surface area contributed by atoms with E-state index in [1.807, 2.05) is 4.90 Å². The molecule has 1 N–H and O–H groups in total. The summed E-state index contributed by atoms with van der Waals surface area (Å²) < 4.78 is 0. The van der Waals surface area contributed by atoms with Crippen LogP contribution in [-0.2, 0) is 9.59 Å². The molecule has 0 saturated carbocycles. The number of hydrogen-bond donors (Lipinski definition) is 1. The Bertz CT molecular complexity index is 453. The molecule has 1 fully saturated rings. The van der Waals surface area contributed by atoms with Gasteiger partial charge in [0.15, 0.2) is 0 Å². The molecule has 0 radical (unpaired) electrons. The Hall–Kier alpha value is -1.06. The summed E-state index contributed by atoms with van der Waals surface area (Å²) in [5.74, 6) is 0.111. The van der Waals surface area contributed by atoms with E-state index in [4.69, 9.17) is 0 Å². The molecule has 1 saturated heterocycles. The van der Waals surface area contributed by atoms with Crippen LogP contribution in [0, 0.1) is 5.92 Å². The van der Waals surface area contributed by atoms with Gasteiger partial charge in [-0.2, -0.15) is 0 Å². The largest absolute Gasteiger partial charge is 0.356 e. The normalized spacial score (nSPS) is 16.3. The lowest BCUT2D eigenvalue weighted by atomic mass is 10.0. The molecule has 0 aliphatic carbocycles. The van der Waals surface area contributed by atoms with Gasteiger partial charge in [0.2, 0.25) is 11.8 Å². The minimum Gasteiger partial charge on any atom is -0.356 e. The number of carbonyl (C=O) groups is 2. The van der Waals surface area contributed by atoms with Gasteiger partial charge >= 0.3 is 0 Å². The third-order valence-corrected chi connectivity index (χ3v) is 6.70. The fourth-order valence-electron chi connectivity index (χ4n) is 4.57. The molecule has 4 nitrogen and oxygen atoms in total. The molecule has 1 heterocycles. The predicted octanol–water partition coefficient (Wildman–Crippen LogP) is 7.01. The summed E-state index contributed by atoms with van der Waals surface area (Å²) in [7, 11) is 0. The van der Waals surface area contributed by atoms with Gasteiger partial charge in [-0.25, -0.2) is 0 Å². The monoisotopic (exact) mass is 436 g/mol. The van der Waals surface area contributed by atoms with E-state index in [1.54, 1.807) is 0 Å². The van der Waals surface area contributed by atoms with E-state index >= 15 is 0 Å². The second kappa shape index (κ2) is 19.6. The minimum atomic E-state index is -0.134. The highest BCUT2D eigenvalue weighted by Crippen LogP contribution is 2.19. The van der Waals surface area contributed by atoms with Gasteiger partial charge in [0.05, 0.1) is 5.92 Å². The van der Waals surface area contributed by atoms with Crippen molar-refractivity contribution in [3.05, 3.63) is 0 Å². The van der Waals surface area contributed by atoms with Crippen molar-refractivity contribution in [2.24, 2.45) is 5.92 Å². The average molecular weight is 437 g/mol. The molecule has 0 aromatic heterocycles. The lowest BCUT2D eigenvalue weighted by Gasteiger charge is -2.16. The number of amides is 2. The third-order valence-electron chi connectivity index (χ3n) is 6.70. The van der Waals surface area contributed by atoms with Crippen LogP contribution in [0.1, 0.15) is 136 Å². The van der Waals surface area contributed by atoms with Gasteiger partial charge in [-0.1, -0.05) is 117 Å². The van der Waals surface area contributed by atoms with Gasteiger partial charge in [-0.05, 0) is 12.8 Å². The number of nitrogens with one attached hydrogen (secondary N) is 1. The molecule has 1 atom stereocenters. The van der Waals surface area contributed by atoms with E-state index in [0.29, 0.717) is 13.0 Å². The second-order valence-corrected chi connectivity index (χ2v) is 9.69. The van der Waals surface area contributed by atoms with Crippen LogP contribution in [0.2, 0.25) is 0 Å². The number of likely N-dealkylation sites (tertiary alicyclic amines) is 1. The van der Waals surface area contributed by atoms with Crippen LogP contribution in [0.4, 0.5) is 0 Å². The van der Waals surface area contributed by atoms with E-state index < -0.39 is 0 Å². The molecule has 0 spiro atoms. The molecule has 1 unspecified atom stereocenters. The van der Waals surface area contributed by atoms with E-state index in [1.165, 1.54) is 103 Å². The zero-order valence-corrected chi connectivity index (χ0v) is 20.9. The molecule has 31 heavy (non-hydrogen) atoms. The highest BCUT2D eigenvalue weighted by Gasteiger charge is 2.33. The predicted molar refractivity (Wildman–Crippen MR) is 132 cm³/mol. The molecular formula is C27H52N2O2. The lowest BCUT2D eigenvalue weighted by Crippen LogP contribution is -2.33. The first-order valence-corrected chi connectivity index (χ1v) is 13.7. The summed E-state index contributed by atoms with van der Waals surface area (Å²) in [4.78, 5) is 26.4. The van der Waals surface area contributed by atoms with Gasteiger partial charge in [-0.3, -0.25) is 9.59 Å². The molecule has 1 aliphatic rings. The van der Waals surface area contributed by atoms with Crippen LogP contribution in [0.15, 0.2) is 0 Å². The quantitative estimate of drug-likeness (QED) is 0.197. The first kappa shape index (κ1) is 28.0. The standard InChI is InChI=1S/C27H52N2O2/c1-3-5-7-9-10-11-12-13-14-15-16-17-18-20-22-29-24-25(23-26(29)30)27(31)28-21-19-8-6-4-2/h25H,3-24H2,1-2H3,(H,28,31). The Morgan fingerprint density at radius 2 is 1.19 bits per heavy atom.